The van der Waals surface area contributed by atoms with Gasteiger partial charge in [-0.05, 0) is 43.0 Å². The number of rotatable bonds is 1. The molecule has 1 aromatic carbocycles. The fourth-order valence-electron chi connectivity index (χ4n) is 1.44. The van der Waals surface area contributed by atoms with E-state index in [0.717, 1.165) is 5.56 Å². The summed E-state index contributed by atoms with van der Waals surface area (Å²) in [6, 6.07) is 1.76. The maximum atomic E-state index is 13.2. The molecule has 0 aliphatic heterocycles. The molecule has 0 aliphatic rings. The number of hydrogen-bond acceptors (Lipinski definition) is 1. The first-order chi connectivity index (χ1) is 5.57. The summed E-state index contributed by atoms with van der Waals surface area (Å²) in [4.78, 5) is 0. The predicted molar refractivity (Wildman–Crippen MR) is 46.5 cm³/mol. The zero-order valence-corrected chi connectivity index (χ0v) is 7.61. The van der Waals surface area contributed by atoms with E-state index in [9.17, 15) is 4.39 Å². The van der Waals surface area contributed by atoms with E-state index in [4.69, 9.17) is 5.11 Å². The van der Waals surface area contributed by atoms with Gasteiger partial charge in [0.2, 0.25) is 0 Å². The van der Waals surface area contributed by atoms with E-state index < -0.39 is 0 Å². The Morgan fingerprint density at radius 3 is 2.33 bits per heavy atom. The normalized spacial score (nSPS) is 10.4. The van der Waals surface area contributed by atoms with Gasteiger partial charge in [-0.2, -0.15) is 0 Å². The van der Waals surface area contributed by atoms with Crippen molar-refractivity contribution in [2.24, 2.45) is 0 Å². The van der Waals surface area contributed by atoms with Crippen molar-refractivity contribution in [2.45, 2.75) is 27.4 Å². The van der Waals surface area contributed by atoms with Crippen LogP contribution in [0.1, 0.15) is 22.3 Å². The Hall–Kier alpha value is -0.890. The van der Waals surface area contributed by atoms with Crippen molar-refractivity contribution >= 4 is 0 Å². The number of hydrogen-bond donors (Lipinski definition) is 1. The van der Waals surface area contributed by atoms with Gasteiger partial charge in [-0.15, -0.1) is 0 Å². The van der Waals surface area contributed by atoms with Crippen molar-refractivity contribution in [3.63, 3.8) is 0 Å². The first kappa shape index (κ1) is 9.20. The summed E-state index contributed by atoms with van der Waals surface area (Å²) in [5, 5.41) is 8.95. The first-order valence-corrected chi connectivity index (χ1v) is 3.94. The topological polar surface area (TPSA) is 20.2 Å². The average molecular weight is 168 g/mol. The van der Waals surface area contributed by atoms with Gasteiger partial charge in [0.15, 0.2) is 0 Å². The van der Waals surface area contributed by atoms with Crippen LogP contribution in [0.5, 0.6) is 0 Å². The SMILES string of the molecule is Cc1cc(C)c(CO)c(C)c1F. The minimum Gasteiger partial charge on any atom is -0.392 e. The zero-order chi connectivity index (χ0) is 9.30. The minimum absolute atomic E-state index is 0.0884. The van der Waals surface area contributed by atoms with Gasteiger partial charge >= 0.3 is 0 Å². The molecule has 1 aromatic rings. The summed E-state index contributed by atoms with van der Waals surface area (Å²) < 4.78 is 13.2. The van der Waals surface area contributed by atoms with Gasteiger partial charge < -0.3 is 5.11 Å². The second kappa shape index (κ2) is 3.23. The number of aliphatic hydroxyl groups excluding tert-OH is 1. The molecule has 0 saturated heterocycles. The lowest BCUT2D eigenvalue weighted by Crippen LogP contribution is -1.99. The number of benzene rings is 1. The third-order valence-corrected chi connectivity index (χ3v) is 2.20. The molecule has 0 radical (unpaired) electrons. The van der Waals surface area contributed by atoms with Gasteiger partial charge in [0, 0.05) is 0 Å². The van der Waals surface area contributed by atoms with Crippen LogP contribution in [0.4, 0.5) is 4.39 Å². The Balaban J connectivity index is 3.40. The fraction of sp³-hybridized carbons (Fsp3) is 0.400. The average Bonchev–Trinajstić information content (AvgIpc) is 2.01. The van der Waals surface area contributed by atoms with Crippen LogP contribution in [0.15, 0.2) is 6.07 Å². The van der Waals surface area contributed by atoms with E-state index in [1.165, 1.54) is 0 Å². The standard InChI is InChI=1S/C10H13FO/c1-6-4-7(2)10(11)8(3)9(6)5-12/h4,12H,5H2,1-3H3. The van der Waals surface area contributed by atoms with Crippen LogP contribution in [0.3, 0.4) is 0 Å². The van der Waals surface area contributed by atoms with Crippen LogP contribution >= 0.6 is 0 Å². The van der Waals surface area contributed by atoms with Crippen LogP contribution in [0.2, 0.25) is 0 Å². The molecule has 0 unspecified atom stereocenters. The van der Waals surface area contributed by atoms with Gasteiger partial charge in [0.1, 0.15) is 5.82 Å². The van der Waals surface area contributed by atoms with Crippen LogP contribution < -0.4 is 0 Å². The highest BCUT2D eigenvalue weighted by Crippen LogP contribution is 2.20. The summed E-state index contributed by atoms with van der Waals surface area (Å²) in [6.07, 6.45) is 0. The van der Waals surface area contributed by atoms with Crippen molar-refractivity contribution in [1.82, 2.24) is 0 Å². The Kier molecular flexibility index (Phi) is 2.48. The van der Waals surface area contributed by atoms with Crippen molar-refractivity contribution in [1.29, 1.82) is 0 Å². The molecule has 0 saturated carbocycles. The molecular formula is C10H13FO. The van der Waals surface area contributed by atoms with Gasteiger partial charge in [-0.3, -0.25) is 0 Å². The summed E-state index contributed by atoms with van der Waals surface area (Å²) in [5.41, 5.74) is 2.87. The summed E-state index contributed by atoms with van der Waals surface area (Å²) in [6.45, 7) is 5.22. The fourth-order valence-corrected chi connectivity index (χ4v) is 1.44. The summed E-state index contributed by atoms with van der Waals surface area (Å²) in [5.74, 6) is -0.204. The molecule has 0 atom stereocenters. The highest BCUT2D eigenvalue weighted by molar-refractivity contribution is 5.38. The predicted octanol–water partition coefficient (Wildman–Crippen LogP) is 2.24. The second-order valence-corrected chi connectivity index (χ2v) is 3.09. The van der Waals surface area contributed by atoms with Crippen molar-refractivity contribution in [3.8, 4) is 0 Å². The van der Waals surface area contributed by atoms with Gasteiger partial charge in [0.05, 0.1) is 6.61 Å². The van der Waals surface area contributed by atoms with Crippen LogP contribution in [0.25, 0.3) is 0 Å². The van der Waals surface area contributed by atoms with Crippen molar-refractivity contribution < 1.29 is 9.50 Å². The molecule has 0 heterocycles. The van der Waals surface area contributed by atoms with Crippen LogP contribution in [-0.4, -0.2) is 5.11 Å². The molecule has 0 aliphatic carbocycles. The molecule has 66 valence electrons. The van der Waals surface area contributed by atoms with E-state index in [2.05, 4.69) is 0 Å². The lowest BCUT2D eigenvalue weighted by molar-refractivity contribution is 0.279. The summed E-state index contributed by atoms with van der Waals surface area (Å²) in [7, 11) is 0. The molecule has 1 nitrogen and oxygen atoms in total. The van der Waals surface area contributed by atoms with Crippen molar-refractivity contribution in [2.75, 3.05) is 0 Å². The lowest BCUT2D eigenvalue weighted by Gasteiger charge is -2.09. The molecule has 12 heavy (non-hydrogen) atoms. The smallest absolute Gasteiger partial charge is 0.129 e. The molecule has 0 bridgehead atoms. The van der Waals surface area contributed by atoms with Crippen molar-refractivity contribution in [3.05, 3.63) is 34.1 Å². The van der Waals surface area contributed by atoms with Gasteiger partial charge in [-0.25, -0.2) is 4.39 Å². The Bertz CT molecular complexity index is 305. The number of aryl methyl sites for hydroxylation is 2. The molecule has 1 rings (SSSR count). The number of aliphatic hydroxyl groups is 1. The van der Waals surface area contributed by atoms with E-state index in [1.807, 2.05) is 6.92 Å². The molecule has 0 amide bonds. The van der Waals surface area contributed by atoms with E-state index in [-0.39, 0.29) is 12.4 Å². The molecular weight excluding hydrogens is 155 g/mol. The zero-order valence-electron chi connectivity index (χ0n) is 7.61. The highest BCUT2D eigenvalue weighted by Gasteiger charge is 2.08. The maximum Gasteiger partial charge on any atom is 0.129 e. The minimum atomic E-state index is -0.204. The maximum absolute atomic E-state index is 13.2. The second-order valence-electron chi connectivity index (χ2n) is 3.09. The third kappa shape index (κ3) is 1.34. The molecule has 0 fully saturated rings. The van der Waals surface area contributed by atoms with E-state index in [1.54, 1.807) is 19.9 Å². The quantitative estimate of drug-likeness (QED) is 0.681. The van der Waals surface area contributed by atoms with Gasteiger partial charge in [-0.1, -0.05) is 6.07 Å². The highest BCUT2D eigenvalue weighted by atomic mass is 19.1. The summed E-state index contributed by atoms with van der Waals surface area (Å²) >= 11 is 0. The lowest BCUT2D eigenvalue weighted by atomic mass is 10.00. The first-order valence-electron chi connectivity index (χ1n) is 3.94. The van der Waals surface area contributed by atoms with Crippen LogP contribution in [0, 0.1) is 26.6 Å². The largest absolute Gasteiger partial charge is 0.392 e. The number of halogens is 1. The van der Waals surface area contributed by atoms with E-state index in [0.29, 0.717) is 16.7 Å². The Labute approximate surface area is 71.9 Å². The van der Waals surface area contributed by atoms with Crippen LogP contribution in [-0.2, 0) is 6.61 Å². The van der Waals surface area contributed by atoms with E-state index >= 15 is 0 Å². The molecule has 2 heteroatoms. The third-order valence-electron chi connectivity index (χ3n) is 2.20. The Morgan fingerprint density at radius 2 is 1.83 bits per heavy atom. The Morgan fingerprint density at radius 1 is 1.25 bits per heavy atom. The van der Waals surface area contributed by atoms with Gasteiger partial charge in [0.25, 0.3) is 0 Å². The molecule has 0 aromatic heterocycles. The molecule has 1 N–H and O–H groups in total. The molecule has 0 spiro atoms. The monoisotopic (exact) mass is 168 g/mol.